The molecule has 5 nitrogen and oxygen atoms in total. The number of rotatable bonds is 2. The number of benzene rings is 1. The van der Waals surface area contributed by atoms with E-state index in [2.05, 4.69) is 17.2 Å². The van der Waals surface area contributed by atoms with Gasteiger partial charge in [0, 0.05) is 40.9 Å². The Labute approximate surface area is 170 Å². The Morgan fingerprint density at radius 1 is 1.24 bits per heavy atom. The SMILES string of the molecule is C[C@]12CC[C@H]3C(=CCc4cc(OS(=O)(=O)O)ccc43)[C@@H]1CC[C@H]2O.[Na]. The monoisotopic (exact) mass is 373 g/mol. The van der Waals surface area contributed by atoms with Crippen LogP contribution in [0.2, 0.25) is 0 Å². The van der Waals surface area contributed by atoms with Gasteiger partial charge in [-0.3, -0.25) is 4.55 Å². The van der Waals surface area contributed by atoms with Crippen molar-refractivity contribution < 1.29 is 22.3 Å². The molecule has 131 valence electrons. The van der Waals surface area contributed by atoms with E-state index in [-0.39, 0.29) is 46.8 Å². The van der Waals surface area contributed by atoms with E-state index in [1.54, 1.807) is 12.1 Å². The maximum absolute atomic E-state index is 10.9. The molecule has 2 saturated carbocycles. The second-order valence-electron chi connectivity index (χ2n) is 7.52. The molecule has 0 spiro atoms. The summed E-state index contributed by atoms with van der Waals surface area (Å²) in [7, 11) is -4.50. The topological polar surface area (TPSA) is 83.8 Å². The smallest absolute Gasteiger partial charge is 0.393 e. The number of allylic oxidation sites excluding steroid dienone is 2. The van der Waals surface area contributed by atoms with Crippen LogP contribution >= 0.6 is 0 Å². The molecule has 4 atom stereocenters. The molecule has 7 heteroatoms. The van der Waals surface area contributed by atoms with Gasteiger partial charge in [-0.05, 0) is 61.3 Å². The van der Waals surface area contributed by atoms with E-state index in [4.69, 9.17) is 4.55 Å². The fourth-order valence-electron chi connectivity index (χ4n) is 5.09. The third kappa shape index (κ3) is 3.33. The van der Waals surface area contributed by atoms with Crippen molar-refractivity contribution in [3.63, 3.8) is 0 Å². The van der Waals surface area contributed by atoms with Crippen molar-refractivity contribution in [1.29, 1.82) is 0 Å². The largest absolute Gasteiger partial charge is 0.446 e. The first-order chi connectivity index (χ1) is 11.3. The van der Waals surface area contributed by atoms with Crippen LogP contribution in [-0.4, -0.2) is 53.7 Å². The van der Waals surface area contributed by atoms with E-state index in [0.717, 1.165) is 37.7 Å². The quantitative estimate of drug-likeness (QED) is 0.473. The molecule has 0 saturated heterocycles. The second-order valence-corrected chi connectivity index (χ2v) is 8.54. The Morgan fingerprint density at radius 2 is 2.00 bits per heavy atom. The Morgan fingerprint density at radius 3 is 2.72 bits per heavy atom. The van der Waals surface area contributed by atoms with E-state index >= 15 is 0 Å². The summed E-state index contributed by atoms with van der Waals surface area (Å²) in [4.78, 5) is 0. The van der Waals surface area contributed by atoms with Crippen molar-refractivity contribution in [2.24, 2.45) is 11.3 Å². The number of fused-ring (bicyclic) bond motifs is 5. The molecule has 1 aromatic rings. The maximum atomic E-state index is 10.9. The molecule has 1 radical (unpaired) electrons. The first-order valence-corrected chi connectivity index (χ1v) is 9.82. The summed E-state index contributed by atoms with van der Waals surface area (Å²) < 4.78 is 35.2. The minimum atomic E-state index is -4.50. The van der Waals surface area contributed by atoms with E-state index in [1.807, 2.05) is 6.07 Å². The standard InChI is InChI=1S/C18H22O5S.Na/c1-18-9-8-14-13-5-3-12(23-24(20,21)22)10-11(13)2-4-15(14)16(18)6-7-17(18)19;/h3-5,10,14,16-17,19H,2,6-9H2,1H3,(H,20,21,22);/t14-,16+,17-,18+;/m1./s1. The van der Waals surface area contributed by atoms with Gasteiger partial charge in [0.25, 0.3) is 0 Å². The number of aliphatic hydroxyl groups excluding tert-OH is 1. The van der Waals surface area contributed by atoms with Crippen LogP contribution in [-0.2, 0) is 16.8 Å². The van der Waals surface area contributed by atoms with Gasteiger partial charge in [-0.15, -0.1) is 0 Å². The minimum absolute atomic E-state index is 0. The molecular weight excluding hydrogens is 351 g/mol. The average molecular weight is 373 g/mol. The van der Waals surface area contributed by atoms with Gasteiger partial charge in [-0.25, -0.2) is 0 Å². The zero-order valence-electron chi connectivity index (χ0n) is 14.6. The number of hydrogen-bond acceptors (Lipinski definition) is 4. The molecule has 0 unspecified atom stereocenters. The number of hydrogen-bond donors (Lipinski definition) is 2. The molecule has 2 fully saturated rings. The summed E-state index contributed by atoms with van der Waals surface area (Å²) in [5.41, 5.74) is 3.70. The van der Waals surface area contributed by atoms with E-state index in [1.165, 1.54) is 11.1 Å². The van der Waals surface area contributed by atoms with Crippen LogP contribution in [0.3, 0.4) is 0 Å². The van der Waals surface area contributed by atoms with Gasteiger partial charge in [-0.1, -0.05) is 24.6 Å². The predicted molar refractivity (Wildman–Crippen MR) is 95.0 cm³/mol. The molecule has 1 aromatic carbocycles. The molecule has 0 aromatic heterocycles. The summed E-state index contributed by atoms with van der Waals surface area (Å²) >= 11 is 0. The normalized spacial score (nSPS) is 33.4. The van der Waals surface area contributed by atoms with Crippen LogP contribution in [0.5, 0.6) is 5.75 Å². The summed E-state index contributed by atoms with van der Waals surface area (Å²) in [6.07, 6.45) is 6.69. The van der Waals surface area contributed by atoms with Crippen molar-refractivity contribution in [2.45, 2.75) is 51.0 Å². The molecule has 0 bridgehead atoms. The van der Waals surface area contributed by atoms with E-state index in [9.17, 15) is 13.5 Å². The van der Waals surface area contributed by atoms with Gasteiger partial charge < -0.3 is 9.29 Å². The molecule has 25 heavy (non-hydrogen) atoms. The van der Waals surface area contributed by atoms with Crippen LogP contribution in [0.25, 0.3) is 0 Å². The van der Waals surface area contributed by atoms with Crippen molar-refractivity contribution >= 4 is 40.0 Å². The average Bonchev–Trinajstić information content (AvgIpc) is 2.81. The first kappa shape index (κ1) is 19.4. The van der Waals surface area contributed by atoms with Gasteiger partial charge in [0.15, 0.2) is 0 Å². The maximum Gasteiger partial charge on any atom is 0.446 e. The Kier molecular flexibility index (Phi) is 5.17. The summed E-state index contributed by atoms with van der Waals surface area (Å²) in [6.45, 7) is 2.21. The first-order valence-electron chi connectivity index (χ1n) is 8.46. The van der Waals surface area contributed by atoms with Gasteiger partial charge in [-0.2, -0.15) is 8.42 Å². The Bertz CT molecular complexity index is 819. The van der Waals surface area contributed by atoms with E-state index < -0.39 is 10.4 Å². The third-order valence-electron chi connectivity index (χ3n) is 6.31. The molecule has 3 aliphatic rings. The van der Waals surface area contributed by atoms with Crippen LogP contribution in [0.1, 0.15) is 49.7 Å². The van der Waals surface area contributed by atoms with Crippen LogP contribution in [0.15, 0.2) is 29.8 Å². The predicted octanol–water partition coefficient (Wildman–Crippen LogP) is 2.62. The van der Waals surface area contributed by atoms with Crippen LogP contribution in [0.4, 0.5) is 0 Å². The molecular formula is C18H22NaO5S. The van der Waals surface area contributed by atoms with Gasteiger partial charge >= 0.3 is 10.4 Å². The van der Waals surface area contributed by atoms with E-state index in [0.29, 0.717) is 11.8 Å². The van der Waals surface area contributed by atoms with Gasteiger partial charge in [0.1, 0.15) is 5.75 Å². The van der Waals surface area contributed by atoms with Crippen molar-refractivity contribution in [2.75, 3.05) is 0 Å². The van der Waals surface area contributed by atoms with Crippen molar-refractivity contribution in [3.8, 4) is 5.75 Å². The molecule has 0 heterocycles. The molecule has 2 N–H and O–H groups in total. The van der Waals surface area contributed by atoms with Crippen LogP contribution < -0.4 is 4.18 Å². The summed E-state index contributed by atoms with van der Waals surface area (Å²) in [5, 5.41) is 10.4. The summed E-state index contributed by atoms with van der Waals surface area (Å²) in [5.74, 6) is 0.926. The van der Waals surface area contributed by atoms with Gasteiger partial charge in [0.2, 0.25) is 0 Å². The minimum Gasteiger partial charge on any atom is -0.393 e. The second kappa shape index (κ2) is 6.66. The van der Waals surface area contributed by atoms with Crippen molar-refractivity contribution in [3.05, 3.63) is 41.0 Å². The molecule has 0 aliphatic heterocycles. The third-order valence-corrected chi connectivity index (χ3v) is 6.71. The zero-order valence-corrected chi connectivity index (χ0v) is 17.4. The Balaban J connectivity index is 0.00000182. The molecule has 3 aliphatic carbocycles. The Hall–Kier alpha value is -0.370. The zero-order chi connectivity index (χ0) is 17.1. The fourth-order valence-corrected chi connectivity index (χ4v) is 5.44. The fraction of sp³-hybridized carbons (Fsp3) is 0.556. The summed E-state index contributed by atoms with van der Waals surface area (Å²) in [6, 6.07) is 5.22. The van der Waals surface area contributed by atoms with Crippen molar-refractivity contribution in [1.82, 2.24) is 0 Å². The molecule has 0 amide bonds. The van der Waals surface area contributed by atoms with Crippen LogP contribution in [0, 0.1) is 11.3 Å². The van der Waals surface area contributed by atoms with Gasteiger partial charge in [0.05, 0.1) is 6.10 Å². The molecule has 4 rings (SSSR count). The number of aliphatic hydroxyl groups is 1.